The molecule has 0 fully saturated rings. The number of benzene rings is 1. The third kappa shape index (κ3) is 4.58. The van der Waals surface area contributed by atoms with Crippen molar-refractivity contribution in [2.75, 3.05) is 20.3 Å². The summed E-state index contributed by atoms with van der Waals surface area (Å²) in [6, 6.07) is 6.88. The lowest BCUT2D eigenvalue weighted by molar-refractivity contribution is 0.0905. The predicted molar refractivity (Wildman–Crippen MR) is 69.2 cm³/mol. The first kappa shape index (κ1) is 14.2. The summed E-state index contributed by atoms with van der Waals surface area (Å²) in [4.78, 5) is 11.8. The molecule has 0 spiro atoms. The van der Waals surface area contributed by atoms with Crippen molar-refractivity contribution in [1.29, 1.82) is 0 Å². The van der Waals surface area contributed by atoms with Crippen LogP contribution in [0.2, 0.25) is 0 Å². The quantitative estimate of drug-likeness (QED) is 0.774. The number of amides is 1. The van der Waals surface area contributed by atoms with E-state index in [0.717, 1.165) is 5.56 Å². The molecule has 18 heavy (non-hydrogen) atoms. The van der Waals surface area contributed by atoms with E-state index >= 15 is 0 Å². The van der Waals surface area contributed by atoms with Crippen LogP contribution in [0.4, 0.5) is 0 Å². The molecule has 96 valence electrons. The van der Waals surface area contributed by atoms with E-state index in [-0.39, 0.29) is 18.6 Å². The first-order chi connectivity index (χ1) is 8.67. The molecule has 4 nitrogen and oxygen atoms in total. The van der Waals surface area contributed by atoms with Crippen LogP contribution in [0.1, 0.15) is 22.8 Å². The van der Waals surface area contributed by atoms with E-state index in [9.17, 15) is 4.79 Å². The molecule has 0 saturated carbocycles. The van der Waals surface area contributed by atoms with E-state index in [4.69, 9.17) is 9.84 Å². The third-order valence-electron chi connectivity index (χ3n) is 2.25. The first-order valence-electron chi connectivity index (χ1n) is 5.67. The highest BCUT2D eigenvalue weighted by molar-refractivity contribution is 5.94. The van der Waals surface area contributed by atoms with Crippen LogP contribution in [0.5, 0.6) is 0 Å². The van der Waals surface area contributed by atoms with Gasteiger partial charge in [0.05, 0.1) is 6.61 Å². The maximum atomic E-state index is 11.8. The normalized spacial score (nSPS) is 11.3. The largest absolute Gasteiger partial charge is 0.384 e. The monoisotopic (exact) mass is 247 g/mol. The fourth-order valence-electron chi connectivity index (χ4n) is 1.45. The van der Waals surface area contributed by atoms with E-state index in [1.165, 1.54) is 0 Å². The molecule has 0 aromatic heterocycles. The molecule has 0 aliphatic heterocycles. The molecule has 1 aromatic rings. The van der Waals surface area contributed by atoms with E-state index in [1.54, 1.807) is 31.4 Å². The van der Waals surface area contributed by atoms with Gasteiger partial charge in [0.15, 0.2) is 0 Å². The number of ether oxygens (including phenoxy) is 1. The Kier molecular flexibility index (Phi) is 5.92. The van der Waals surface area contributed by atoms with Gasteiger partial charge in [-0.05, 0) is 31.2 Å². The van der Waals surface area contributed by atoms with Gasteiger partial charge in [-0.1, -0.05) is 11.8 Å². The summed E-state index contributed by atoms with van der Waals surface area (Å²) < 4.78 is 4.95. The highest BCUT2D eigenvalue weighted by atomic mass is 16.5. The van der Waals surface area contributed by atoms with Crippen molar-refractivity contribution in [3.05, 3.63) is 35.4 Å². The summed E-state index contributed by atoms with van der Waals surface area (Å²) >= 11 is 0. The van der Waals surface area contributed by atoms with Gasteiger partial charge in [-0.25, -0.2) is 0 Å². The van der Waals surface area contributed by atoms with Crippen molar-refractivity contribution in [1.82, 2.24) is 5.32 Å². The lowest BCUT2D eigenvalue weighted by atomic mass is 10.1. The van der Waals surface area contributed by atoms with Crippen molar-refractivity contribution in [3.63, 3.8) is 0 Å². The highest BCUT2D eigenvalue weighted by Gasteiger charge is 2.08. The van der Waals surface area contributed by atoms with Crippen LogP contribution < -0.4 is 5.32 Å². The van der Waals surface area contributed by atoms with Gasteiger partial charge in [-0.2, -0.15) is 0 Å². The lowest BCUT2D eigenvalue weighted by Gasteiger charge is -2.12. The smallest absolute Gasteiger partial charge is 0.251 e. The molecule has 0 bridgehead atoms. The zero-order chi connectivity index (χ0) is 13.4. The second kappa shape index (κ2) is 7.49. The predicted octanol–water partition coefficient (Wildman–Crippen LogP) is 0.795. The zero-order valence-electron chi connectivity index (χ0n) is 10.6. The van der Waals surface area contributed by atoms with Gasteiger partial charge in [-0.15, -0.1) is 0 Å². The molecule has 1 aromatic carbocycles. The Balaban J connectivity index is 2.64. The maximum Gasteiger partial charge on any atom is 0.251 e. The molecule has 0 radical (unpaired) electrons. The molecule has 0 heterocycles. The number of carbonyl (C=O) groups is 1. The number of aliphatic hydroxyl groups excluding tert-OH is 1. The van der Waals surface area contributed by atoms with Gasteiger partial charge in [-0.3, -0.25) is 4.79 Å². The van der Waals surface area contributed by atoms with Gasteiger partial charge in [0.25, 0.3) is 5.91 Å². The highest BCUT2D eigenvalue weighted by Crippen LogP contribution is 2.03. The molecule has 0 saturated heterocycles. The summed E-state index contributed by atoms with van der Waals surface area (Å²) in [7, 11) is 1.59. The molecular formula is C14H17NO3. The van der Waals surface area contributed by atoms with Crippen LogP contribution in [0.25, 0.3) is 0 Å². The Morgan fingerprint density at radius 1 is 1.44 bits per heavy atom. The molecule has 1 atom stereocenters. The summed E-state index contributed by atoms with van der Waals surface area (Å²) in [5.74, 6) is 5.18. The second-order valence-corrected chi connectivity index (χ2v) is 3.87. The summed E-state index contributed by atoms with van der Waals surface area (Å²) in [6.45, 7) is 2.19. The second-order valence-electron chi connectivity index (χ2n) is 3.87. The SMILES string of the molecule is COCC(C)NC(=O)c1ccc(C#CCO)cc1. The average Bonchev–Trinajstić information content (AvgIpc) is 2.37. The van der Waals surface area contributed by atoms with Gasteiger partial charge < -0.3 is 15.2 Å². The summed E-state index contributed by atoms with van der Waals surface area (Å²) in [6.07, 6.45) is 0. The molecule has 1 rings (SSSR count). The van der Waals surface area contributed by atoms with Crippen LogP contribution in [0, 0.1) is 11.8 Å². The van der Waals surface area contributed by atoms with Crippen molar-refractivity contribution in [2.45, 2.75) is 13.0 Å². The van der Waals surface area contributed by atoms with Crippen molar-refractivity contribution < 1.29 is 14.6 Å². The van der Waals surface area contributed by atoms with Gasteiger partial charge in [0.1, 0.15) is 6.61 Å². The van der Waals surface area contributed by atoms with Crippen LogP contribution >= 0.6 is 0 Å². The van der Waals surface area contributed by atoms with Crippen LogP contribution in [-0.4, -0.2) is 37.4 Å². The number of nitrogens with one attached hydrogen (secondary N) is 1. The molecule has 4 heteroatoms. The van der Waals surface area contributed by atoms with Crippen LogP contribution in [-0.2, 0) is 4.74 Å². The molecule has 1 amide bonds. The Hall–Kier alpha value is -1.83. The first-order valence-corrected chi connectivity index (χ1v) is 5.67. The maximum absolute atomic E-state index is 11.8. The zero-order valence-corrected chi connectivity index (χ0v) is 10.6. The number of methoxy groups -OCH3 is 1. The Bertz CT molecular complexity index is 442. The number of rotatable bonds is 4. The van der Waals surface area contributed by atoms with E-state index in [1.807, 2.05) is 6.92 Å². The molecule has 2 N–H and O–H groups in total. The standard InChI is InChI=1S/C14H17NO3/c1-11(10-18-2)15-14(17)13-7-5-12(6-8-13)4-3-9-16/h5-8,11,16H,9-10H2,1-2H3,(H,15,17). The van der Waals surface area contributed by atoms with Crippen LogP contribution in [0.3, 0.4) is 0 Å². The Morgan fingerprint density at radius 3 is 2.67 bits per heavy atom. The van der Waals surface area contributed by atoms with E-state index in [0.29, 0.717) is 12.2 Å². The van der Waals surface area contributed by atoms with Crippen molar-refractivity contribution >= 4 is 5.91 Å². The Morgan fingerprint density at radius 2 is 2.11 bits per heavy atom. The van der Waals surface area contributed by atoms with E-state index < -0.39 is 0 Å². The summed E-state index contributed by atoms with van der Waals surface area (Å²) in [5, 5.41) is 11.4. The summed E-state index contributed by atoms with van der Waals surface area (Å²) in [5.41, 5.74) is 1.35. The lowest BCUT2D eigenvalue weighted by Crippen LogP contribution is -2.35. The van der Waals surface area contributed by atoms with Crippen molar-refractivity contribution in [2.24, 2.45) is 0 Å². The topological polar surface area (TPSA) is 58.6 Å². The van der Waals surface area contributed by atoms with Gasteiger partial charge in [0, 0.05) is 24.3 Å². The number of aliphatic hydroxyl groups is 1. The minimum Gasteiger partial charge on any atom is -0.384 e. The number of hydrogen-bond donors (Lipinski definition) is 2. The third-order valence-corrected chi connectivity index (χ3v) is 2.25. The molecule has 1 unspecified atom stereocenters. The Labute approximate surface area is 107 Å². The van der Waals surface area contributed by atoms with Crippen LogP contribution in [0.15, 0.2) is 24.3 Å². The number of hydrogen-bond acceptors (Lipinski definition) is 3. The molecular weight excluding hydrogens is 230 g/mol. The van der Waals surface area contributed by atoms with Gasteiger partial charge in [0.2, 0.25) is 0 Å². The average molecular weight is 247 g/mol. The molecule has 0 aliphatic rings. The minimum absolute atomic E-state index is 0.0312. The minimum atomic E-state index is -0.170. The fourth-order valence-corrected chi connectivity index (χ4v) is 1.45. The van der Waals surface area contributed by atoms with Gasteiger partial charge >= 0.3 is 0 Å². The number of carbonyl (C=O) groups excluding carboxylic acids is 1. The van der Waals surface area contributed by atoms with Crippen molar-refractivity contribution in [3.8, 4) is 11.8 Å². The molecule has 0 aliphatic carbocycles. The van der Waals surface area contributed by atoms with E-state index in [2.05, 4.69) is 17.2 Å². The fraction of sp³-hybridized carbons (Fsp3) is 0.357.